The number of pyridine rings is 1. The van der Waals surface area contributed by atoms with Crippen molar-refractivity contribution >= 4 is 0 Å². The predicted molar refractivity (Wildman–Crippen MR) is 92.9 cm³/mol. The van der Waals surface area contributed by atoms with Crippen molar-refractivity contribution in [1.29, 1.82) is 0 Å². The normalized spacial score (nSPS) is 12.5. The molecule has 2 N–H and O–H groups in total. The van der Waals surface area contributed by atoms with Gasteiger partial charge in [0.25, 0.3) is 0 Å². The topological polar surface area (TPSA) is 42.1 Å². The minimum Gasteiger partial charge on any atom is -0.330 e. The molecule has 2 aromatic rings. The first kappa shape index (κ1) is 16.7. The van der Waals surface area contributed by atoms with Crippen LogP contribution in [0.15, 0.2) is 54.7 Å². The molecule has 22 heavy (non-hydrogen) atoms. The van der Waals surface area contributed by atoms with E-state index in [0.29, 0.717) is 5.92 Å². The Morgan fingerprint density at radius 1 is 1.00 bits per heavy atom. The first-order valence-corrected chi connectivity index (χ1v) is 8.15. The van der Waals surface area contributed by atoms with E-state index in [1.165, 1.54) is 12.0 Å². The van der Waals surface area contributed by atoms with Gasteiger partial charge in [0, 0.05) is 17.8 Å². The fourth-order valence-corrected chi connectivity index (χ4v) is 2.74. The molecule has 1 atom stereocenters. The summed E-state index contributed by atoms with van der Waals surface area (Å²) in [5.41, 5.74) is 8.06. The van der Waals surface area contributed by atoms with E-state index in [-0.39, 0.29) is 0 Å². The number of benzene rings is 1. The average Bonchev–Trinajstić information content (AvgIpc) is 2.57. The molecule has 118 valence electrons. The Hall–Kier alpha value is -1.71. The van der Waals surface area contributed by atoms with Gasteiger partial charge >= 0.3 is 0 Å². The number of rotatable bonds is 9. The molecule has 3 nitrogen and oxygen atoms in total. The highest BCUT2D eigenvalue weighted by Gasteiger charge is 2.15. The molecule has 0 saturated heterocycles. The maximum atomic E-state index is 5.56. The van der Waals surface area contributed by atoms with Crippen LogP contribution in [0.2, 0.25) is 0 Å². The van der Waals surface area contributed by atoms with Crippen molar-refractivity contribution in [3.05, 3.63) is 66.0 Å². The lowest BCUT2D eigenvalue weighted by molar-refractivity contribution is 0.316. The van der Waals surface area contributed by atoms with Crippen LogP contribution in [0.5, 0.6) is 0 Å². The standard InChI is InChI=1S/C19H27N3/c1-22(15-8-6-13-20)16-12-18(17-9-3-2-4-10-17)19-11-5-7-14-21-19/h2-5,7,9-11,14,18H,6,8,12-13,15-16,20H2,1H3. The van der Waals surface area contributed by atoms with Gasteiger partial charge < -0.3 is 10.6 Å². The van der Waals surface area contributed by atoms with Gasteiger partial charge in [-0.05, 0) is 63.6 Å². The molecule has 0 aliphatic carbocycles. The van der Waals surface area contributed by atoms with Gasteiger partial charge in [0.05, 0.1) is 0 Å². The van der Waals surface area contributed by atoms with Crippen molar-refractivity contribution in [1.82, 2.24) is 9.88 Å². The molecule has 0 aliphatic heterocycles. The van der Waals surface area contributed by atoms with E-state index >= 15 is 0 Å². The minimum atomic E-state index is 0.361. The van der Waals surface area contributed by atoms with Crippen LogP contribution in [0.25, 0.3) is 0 Å². The van der Waals surface area contributed by atoms with Crippen molar-refractivity contribution in [2.75, 3.05) is 26.7 Å². The second kappa shape index (κ2) is 9.34. The Labute approximate surface area is 134 Å². The maximum Gasteiger partial charge on any atom is 0.0478 e. The Bertz CT molecular complexity index is 473. The fourth-order valence-electron chi connectivity index (χ4n) is 2.74. The summed E-state index contributed by atoms with van der Waals surface area (Å²) in [6, 6.07) is 16.9. The number of nitrogens with zero attached hydrogens (tertiary/aromatic N) is 2. The number of nitrogens with two attached hydrogens (primary N) is 1. The lowest BCUT2D eigenvalue weighted by Crippen LogP contribution is -2.23. The molecule has 1 aromatic heterocycles. The number of hydrogen-bond acceptors (Lipinski definition) is 3. The minimum absolute atomic E-state index is 0.361. The van der Waals surface area contributed by atoms with Crippen LogP contribution in [-0.2, 0) is 0 Å². The third-order valence-corrected chi connectivity index (χ3v) is 4.04. The largest absolute Gasteiger partial charge is 0.330 e. The molecule has 0 spiro atoms. The van der Waals surface area contributed by atoms with Crippen LogP contribution >= 0.6 is 0 Å². The van der Waals surface area contributed by atoms with Crippen molar-refractivity contribution < 1.29 is 0 Å². The van der Waals surface area contributed by atoms with Gasteiger partial charge in [-0.2, -0.15) is 0 Å². The van der Waals surface area contributed by atoms with Crippen molar-refractivity contribution in [2.45, 2.75) is 25.2 Å². The van der Waals surface area contributed by atoms with Crippen molar-refractivity contribution in [2.24, 2.45) is 5.73 Å². The highest BCUT2D eigenvalue weighted by Crippen LogP contribution is 2.26. The summed E-state index contributed by atoms with van der Waals surface area (Å²) in [6.07, 6.45) is 5.25. The van der Waals surface area contributed by atoms with E-state index in [1.807, 2.05) is 12.3 Å². The maximum absolute atomic E-state index is 5.56. The number of aromatic nitrogens is 1. The molecule has 1 heterocycles. The smallest absolute Gasteiger partial charge is 0.0478 e. The van der Waals surface area contributed by atoms with Gasteiger partial charge in [0.1, 0.15) is 0 Å². The van der Waals surface area contributed by atoms with Gasteiger partial charge in [-0.3, -0.25) is 4.98 Å². The predicted octanol–water partition coefficient (Wildman–Crippen LogP) is 3.27. The molecule has 0 bridgehead atoms. The van der Waals surface area contributed by atoms with Crippen molar-refractivity contribution in [3.8, 4) is 0 Å². The van der Waals surface area contributed by atoms with E-state index < -0.39 is 0 Å². The molecule has 1 aromatic carbocycles. The van der Waals surface area contributed by atoms with Gasteiger partial charge in [-0.15, -0.1) is 0 Å². The molecule has 3 heteroatoms. The van der Waals surface area contributed by atoms with E-state index in [0.717, 1.165) is 38.2 Å². The van der Waals surface area contributed by atoms with E-state index in [1.54, 1.807) is 0 Å². The van der Waals surface area contributed by atoms with E-state index in [4.69, 9.17) is 5.73 Å². The summed E-state index contributed by atoms with van der Waals surface area (Å²) >= 11 is 0. The first-order chi connectivity index (χ1) is 10.8. The quantitative estimate of drug-likeness (QED) is 0.722. The summed E-state index contributed by atoms with van der Waals surface area (Å²) < 4.78 is 0. The van der Waals surface area contributed by atoms with Crippen LogP contribution in [-0.4, -0.2) is 36.6 Å². The molecule has 2 rings (SSSR count). The Balaban J connectivity index is 2.00. The van der Waals surface area contributed by atoms with Crippen molar-refractivity contribution in [3.63, 3.8) is 0 Å². The van der Waals surface area contributed by atoms with Crippen LogP contribution in [0.4, 0.5) is 0 Å². The third-order valence-electron chi connectivity index (χ3n) is 4.04. The second-order valence-corrected chi connectivity index (χ2v) is 5.81. The zero-order valence-corrected chi connectivity index (χ0v) is 13.5. The Morgan fingerprint density at radius 2 is 1.77 bits per heavy atom. The highest BCUT2D eigenvalue weighted by molar-refractivity contribution is 5.28. The monoisotopic (exact) mass is 297 g/mol. The highest BCUT2D eigenvalue weighted by atomic mass is 15.1. The Morgan fingerprint density at radius 3 is 2.45 bits per heavy atom. The molecule has 0 fully saturated rings. The second-order valence-electron chi connectivity index (χ2n) is 5.81. The summed E-state index contributed by atoms with van der Waals surface area (Å²) in [5, 5.41) is 0. The van der Waals surface area contributed by atoms with E-state index in [9.17, 15) is 0 Å². The fraction of sp³-hybridized carbons (Fsp3) is 0.421. The lowest BCUT2D eigenvalue weighted by Gasteiger charge is -2.22. The van der Waals surface area contributed by atoms with Gasteiger partial charge in [0.15, 0.2) is 0 Å². The number of hydrogen-bond donors (Lipinski definition) is 1. The van der Waals surface area contributed by atoms with Crippen LogP contribution in [0, 0.1) is 0 Å². The molecule has 0 radical (unpaired) electrons. The molecule has 0 saturated carbocycles. The van der Waals surface area contributed by atoms with Gasteiger partial charge in [-0.1, -0.05) is 36.4 Å². The van der Waals surface area contributed by atoms with E-state index in [2.05, 4.69) is 59.4 Å². The number of unbranched alkanes of at least 4 members (excludes halogenated alkanes) is 1. The summed E-state index contributed by atoms with van der Waals surface area (Å²) in [5.74, 6) is 0.361. The molecular formula is C19H27N3. The average molecular weight is 297 g/mol. The van der Waals surface area contributed by atoms with Crippen LogP contribution in [0.1, 0.15) is 36.4 Å². The van der Waals surface area contributed by atoms with Crippen LogP contribution < -0.4 is 5.73 Å². The summed E-state index contributed by atoms with van der Waals surface area (Å²) in [6.45, 7) is 2.97. The van der Waals surface area contributed by atoms with Crippen LogP contribution in [0.3, 0.4) is 0 Å². The first-order valence-electron chi connectivity index (χ1n) is 8.15. The third kappa shape index (κ3) is 5.24. The summed E-state index contributed by atoms with van der Waals surface area (Å²) in [7, 11) is 2.19. The van der Waals surface area contributed by atoms with Gasteiger partial charge in [0.2, 0.25) is 0 Å². The Kier molecular flexibility index (Phi) is 7.07. The molecule has 0 aliphatic rings. The SMILES string of the molecule is CN(CCCCN)CCC(c1ccccc1)c1ccccn1. The zero-order chi connectivity index (χ0) is 15.6. The molecule has 0 amide bonds. The molecule has 1 unspecified atom stereocenters. The summed E-state index contributed by atoms with van der Waals surface area (Å²) in [4.78, 5) is 6.97. The molecular weight excluding hydrogens is 270 g/mol. The lowest BCUT2D eigenvalue weighted by atomic mass is 9.92. The van der Waals surface area contributed by atoms with Gasteiger partial charge in [-0.25, -0.2) is 0 Å². The zero-order valence-electron chi connectivity index (χ0n) is 13.5.